The van der Waals surface area contributed by atoms with E-state index in [2.05, 4.69) is 20.6 Å². The van der Waals surface area contributed by atoms with Crippen LogP contribution < -0.4 is 9.47 Å². The Morgan fingerprint density at radius 2 is 0.880 bits per heavy atom. The van der Waals surface area contributed by atoms with Gasteiger partial charge in [0.05, 0.1) is 76.2 Å². The van der Waals surface area contributed by atoms with E-state index in [0.717, 1.165) is 11.1 Å². The summed E-state index contributed by atoms with van der Waals surface area (Å²) in [6.45, 7) is 0.843. The summed E-state index contributed by atoms with van der Waals surface area (Å²) in [4.78, 5) is 48.3. The highest BCUT2D eigenvalue weighted by atomic mass is 16.5. The Hall–Kier alpha value is -6.58. The van der Waals surface area contributed by atoms with Gasteiger partial charge in [0.15, 0.2) is 0 Å². The van der Waals surface area contributed by atoms with E-state index in [1.807, 2.05) is 24.3 Å². The van der Waals surface area contributed by atoms with Crippen LogP contribution in [-0.4, -0.2) is 82.3 Å². The highest BCUT2D eigenvalue weighted by Crippen LogP contribution is 2.22. The Balaban J connectivity index is 1.22. The van der Waals surface area contributed by atoms with E-state index in [4.69, 9.17) is 28.4 Å². The van der Waals surface area contributed by atoms with Gasteiger partial charge in [-0.15, -0.1) is 10.2 Å². The molecule has 0 aliphatic carbocycles. The van der Waals surface area contributed by atoms with Crippen LogP contribution in [0.4, 0.5) is 0 Å². The number of carbonyl (C=O) groups excluding carboxylic acids is 4. The van der Waals surface area contributed by atoms with E-state index < -0.39 is 23.9 Å². The number of rotatable bonds is 14. The molecule has 5 aromatic rings. The van der Waals surface area contributed by atoms with E-state index in [1.54, 1.807) is 21.8 Å². The maximum Gasteiger partial charge on any atom is 0.338 e. The van der Waals surface area contributed by atoms with Gasteiger partial charge in [0, 0.05) is 0 Å². The predicted molar refractivity (Wildman–Crippen MR) is 172 cm³/mol. The molecule has 0 aliphatic rings. The summed E-state index contributed by atoms with van der Waals surface area (Å²) in [6, 6.07) is 16.3. The summed E-state index contributed by atoms with van der Waals surface area (Å²) in [5, 5.41) is 16.8. The van der Waals surface area contributed by atoms with Gasteiger partial charge >= 0.3 is 23.9 Å². The maximum absolute atomic E-state index is 12.1. The summed E-state index contributed by atoms with van der Waals surface area (Å²) >= 11 is 0. The van der Waals surface area contributed by atoms with Gasteiger partial charge < -0.3 is 28.4 Å². The number of esters is 4. The third-order valence-electron chi connectivity index (χ3n) is 7.23. The van der Waals surface area contributed by atoms with Gasteiger partial charge in [0.25, 0.3) is 0 Å². The topological polar surface area (TPSA) is 185 Å². The largest absolute Gasteiger partial charge is 0.487 e. The number of benzene rings is 3. The minimum atomic E-state index is -0.626. The lowest BCUT2D eigenvalue weighted by molar-refractivity contribution is 0.0580. The molecule has 5 rings (SSSR count). The summed E-state index contributed by atoms with van der Waals surface area (Å²) in [5.74, 6) is -1.99. The van der Waals surface area contributed by atoms with Crippen LogP contribution >= 0.6 is 0 Å². The fourth-order valence-electron chi connectivity index (χ4n) is 4.80. The molecule has 0 bridgehead atoms. The molecule has 0 atom stereocenters. The van der Waals surface area contributed by atoms with Crippen molar-refractivity contribution in [3.05, 3.63) is 118 Å². The molecule has 3 aromatic carbocycles. The average molecular weight is 685 g/mol. The van der Waals surface area contributed by atoms with Crippen LogP contribution in [0.1, 0.15) is 63.9 Å². The first kappa shape index (κ1) is 34.7. The standard InChI is InChI=1S/C34H32N6O10/c1-45-31(41)23-9-24(32(42)46-2)12-29(11-23)49-19-27-17-39(37-35-27)15-21-7-5-6-8-22(21)16-40-18-28(36-38-40)20-50-30-13-25(33(43)47-3)10-26(14-30)34(44)48-4/h5-14,17-18H,15-16,19-20H2,1-4H3. The molecule has 50 heavy (non-hydrogen) atoms. The van der Waals surface area contributed by atoms with Crippen LogP contribution in [0, 0.1) is 0 Å². The molecule has 0 aliphatic heterocycles. The molecule has 0 N–H and O–H groups in total. The van der Waals surface area contributed by atoms with Crippen molar-refractivity contribution in [2.45, 2.75) is 26.3 Å². The SMILES string of the molecule is COC(=O)c1cc(OCc2cn(Cc3ccccc3Cn3cc(COc4cc(C(=O)OC)cc(C(=O)OC)c4)nn3)nn2)cc(C(=O)OC)c1. The lowest BCUT2D eigenvalue weighted by Crippen LogP contribution is -2.08. The van der Waals surface area contributed by atoms with Crippen molar-refractivity contribution in [3.8, 4) is 11.5 Å². The molecule has 0 amide bonds. The molecule has 0 fully saturated rings. The van der Waals surface area contributed by atoms with E-state index in [1.165, 1.54) is 64.8 Å². The van der Waals surface area contributed by atoms with E-state index in [0.29, 0.717) is 24.5 Å². The van der Waals surface area contributed by atoms with Crippen LogP contribution in [0.5, 0.6) is 11.5 Å². The Morgan fingerprint density at radius 3 is 1.20 bits per heavy atom. The quantitative estimate of drug-likeness (QED) is 0.123. The molecule has 258 valence electrons. The Bertz CT molecular complexity index is 1810. The van der Waals surface area contributed by atoms with Crippen molar-refractivity contribution in [2.75, 3.05) is 28.4 Å². The third-order valence-corrected chi connectivity index (χ3v) is 7.23. The number of nitrogens with zero attached hydrogens (tertiary/aromatic N) is 6. The Labute approximate surface area is 285 Å². The summed E-state index contributed by atoms with van der Waals surface area (Å²) in [6.07, 6.45) is 3.46. The van der Waals surface area contributed by atoms with E-state index in [-0.39, 0.29) is 47.0 Å². The van der Waals surface area contributed by atoms with Gasteiger partial charge in [-0.2, -0.15) is 0 Å². The fourth-order valence-corrected chi connectivity index (χ4v) is 4.80. The molecule has 2 aromatic heterocycles. The monoisotopic (exact) mass is 684 g/mol. The second-order valence-electron chi connectivity index (χ2n) is 10.6. The molecule has 0 saturated carbocycles. The molecule has 16 heteroatoms. The smallest absolute Gasteiger partial charge is 0.338 e. The highest BCUT2D eigenvalue weighted by molar-refractivity contribution is 5.96. The van der Waals surface area contributed by atoms with Crippen LogP contribution in [0.15, 0.2) is 73.1 Å². The molecule has 0 spiro atoms. The maximum atomic E-state index is 12.1. The number of methoxy groups -OCH3 is 4. The normalized spacial score (nSPS) is 10.6. The summed E-state index contributed by atoms with van der Waals surface area (Å²) < 4.78 is 34.1. The second kappa shape index (κ2) is 16.0. The van der Waals surface area contributed by atoms with Gasteiger partial charge in [-0.25, -0.2) is 28.5 Å². The summed E-state index contributed by atoms with van der Waals surface area (Å²) in [5.41, 5.74) is 3.50. The molecular weight excluding hydrogens is 652 g/mol. The lowest BCUT2D eigenvalue weighted by Gasteiger charge is -2.10. The van der Waals surface area contributed by atoms with Gasteiger partial charge in [0.2, 0.25) is 0 Å². The number of hydrogen-bond donors (Lipinski definition) is 0. The van der Waals surface area contributed by atoms with E-state index >= 15 is 0 Å². The predicted octanol–water partition coefficient (Wildman–Crippen LogP) is 3.27. The zero-order valence-corrected chi connectivity index (χ0v) is 27.5. The van der Waals surface area contributed by atoms with Crippen LogP contribution in [0.2, 0.25) is 0 Å². The Kier molecular flexibility index (Phi) is 11.1. The van der Waals surface area contributed by atoms with Crippen molar-refractivity contribution in [3.63, 3.8) is 0 Å². The van der Waals surface area contributed by atoms with Crippen LogP contribution in [0.3, 0.4) is 0 Å². The van der Waals surface area contributed by atoms with Gasteiger partial charge in [-0.3, -0.25) is 0 Å². The van der Waals surface area contributed by atoms with E-state index in [9.17, 15) is 19.2 Å². The summed E-state index contributed by atoms with van der Waals surface area (Å²) in [7, 11) is 4.96. The van der Waals surface area contributed by atoms with Gasteiger partial charge in [-0.1, -0.05) is 34.7 Å². The number of aromatic nitrogens is 6. The zero-order chi connectivity index (χ0) is 35.6. The first-order valence-corrected chi connectivity index (χ1v) is 14.9. The highest BCUT2D eigenvalue weighted by Gasteiger charge is 2.17. The molecule has 0 radical (unpaired) electrons. The fraction of sp³-hybridized carbons (Fsp3) is 0.235. The lowest BCUT2D eigenvalue weighted by atomic mass is 10.1. The van der Waals surface area contributed by atoms with Crippen molar-refractivity contribution < 1.29 is 47.6 Å². The van der Waals surface area contributed by atoms with Crippen molar-refractivity contribution in [1.29, 1.82) is 0 Å². The number of carbonyl (C=O) groups is 4. The minimum Gasteiger partial charge on any atom is -0.487 e. The zero-order valence-electron chi connectivity index (χ0n) is 27.5. The molecule has 16 nitrogen and oxygen atoms in total. The molecule has 0 unspecified atom stereocenters. The Morgan fingerprint density at radius 1 is 0.540 bits per heavy atom. The minimum absolute atomic E-state index is 0.0215. The van der Waals surface area contributed by atoms with Crippen molar-refractivity contribution in [2.24, 2.45) is 0 Å². The molecule has 2 heterocycles. The third kappa shape index (κ3) is 8.66. The van der Waals surface area contributed by atoms with Crippen LogP contribution in [-0.2, 0) is 45.3 Å². The van der Waals surface area contributed by atoms with Crippen molar-refractivity contribution in [1.82, 2.24) is 30.0 Å². The average Bonchev–Trinajstić information content (AvgIpc) is 3.81. The molecule has 0 saturated heterocycles. The number of ether oxygens (including phenoxy) is 6. The first-order chi connectivity index (χ1) is 24.2. The van der Waals surface area contributed by atoms with Crippen molar-refractivity contribution >= 4 is 23.9 Å². The molecular formula is C34H32N6O10. The van der Waals surface area contributed by atoms with Gasteiger partial charge in [0.1, 0.15) is 36.1 Å². The first-order valence-electron chi connectivity index (χ1n) is 14.9. The van der Waals surface area contributed by atoms with Crippen LogP contribution in [0.25, 0.3) is 0 Å². The second-order valence-corrected chi connectivity index (χ2v) is 10.6. The van der Waals surface area contributed by atoms with Gasteiger partial charge in [-0.05, 0) is 47.5 Å². The number of hydrogen-bond acceptors (Lipinski definition) is 14.